The Morgan fingerprint density at radius 1 is 1.16 bits per heavy atom. The molecule has 0 aliphatic carbocycles. The number of benzene rings is 1. The summed E-state index contributed by atoms with van der Waals surface area (Å²) in [5.41, 5.74) is 0.248. The standard InChI is InChI=1S/C18H20F3N3O/c1-3-4-11-24(2)17(25)13-5-10-16(22-12-13)23-15-8-6-14(7-9-15)18(19,20)21/h5-10,12H,3-4,11H2,1-2H3,(H,22,23). The molecule has 1 amide bonds. The molecule has 1 aromatic carbocycles. The van der Waals surface area contributed by atoms with Crippen LogP contribution in [0, 0.1) is 0 Å². The normalized spacial score (nSPS) is 11.2. The zero-order valence-corrected chi connectivity index (χ0v) is 14.1. The van der Waals surface area contributed by atoms with Gasteiger partial charge in [-0.1, -0.05) is 13.3 Å². The summed E-state index contributed by atoms with van der Waals surface area (Å²) in [6, 6.07) is 7.94. The average Bonchev–Trinajstić information content (AvgIpc) is 2.59. The van der Waals surface area contributed by atoms with Gasteiger partial charge in [0.2, 0.25) is 0 Å². The van der Waals surface area contributed by atoms with Crippen LogP contribution in [0.25, 0.3) is 0 Å². The Kier molecular flexibility index (Phi) is 6.01. The van der Waals surface area contributed by atoms with Gasteiger partial charge in [0.15, 0.2) is 0 Å². The van der Waals surface area contributed by atoms with Crippen LogP contribution in [0.4, 0.5) is 24.7 Å². The number of pyridine rings is 1. The number of carbonyl (C=O) groups excluding carboxylic acids is 1. The number of amides is 1. The van der Waals surface area contributed by atoms with Crippen LogP contribution in [0.2, 0.25) is 0 Å². The molecule has 134 valence electrons. The summed E-state index contributed by atoms with van der Waals surface area (Å²) >= 11 is 0. The van der Waals surface area contributed by atoms with E-state index in [1.165, 1.54) is 18.3 Å². The number of carbonyl (C=O) groups is 1. The van der Waals surface area contributed by atoms with Gasteiger partial charge in [0.25, 0.3) is 5.91 Å². The lowest BCUT2D eigenvalue weighted by Crippen LogP contribution is -2.27. The summed E-state index contributed by atoms with van der Waals surface area (Å²) in [5.74, 6) is 0.342. The quantitative estimate of drug-likeness (QED) is 0.819. The van der Waals surface area contributed by atoms with Gasteiger partial charge in [0.1, 0.15) is 5.82 Å². The second-order valence-electron chi connectivity index (χ2n) is 5.71. The van der Waals surface area contributed by atoms with Gasteiger partial charge in [-0.15, -0.1) is 0 Å². The molecule has 1 heterocycles. The number of hydrogen-bond donors (Lipinski definition) is 1. The second kappa shape index (κ2) is 8.00. The number of halogens is 3. The first kappa shape index (κ1) is 18.8. The minimum Gasteiger partial charge on any atom is -0.342 e. The minimum atomic E-state index is -4.36. The van der Waals surface area contributed by atoms with Crippen molar-refractivity contribution in [3.63, 3.8) is 0 Å². The third-order valence-electron chi connectivity index (χ3n) is 3.69. The summed E-state index contributed by atoms with van der Waals surface area (Å²) in [7, 11) is 1.74. The molecule has 0 fully saturated rings. The molecule has 0 bridgehead atoms. The molecule has 4 nitrogen and oxygen atoms in total. The number of hydrogen-bond acceptors (Lipinski definition) is 3. The Morgan fingerprint density at radius 2 is 1.84 bits per heavy atom. The zero-order chi connectivity index (χ0) is 18.4. The van der Waals surface area contributed by atoms with Gasteiger partial charge in [-0.2, -0.15) is 13.2 Å². The van der Waals surface area contributed by atoms with E-state index in [0.29, 0.717) is 23.6 Å². The number of alkyl halides is 3. The van der Waals surface area contributed by atoms with Crippen molar-refractivity contribution in [1.29, 1.82) is 0 Å². The second-order valence-corrected chi connectivity index (χ2v) is 5.71. The largest absolute Gasteiger partial charge is 0.416 e. The van der Waals surface area contributed by atoms with Crippen LogP contribution < -0.4 is 5.32 Å². The molecule has 0 saturated heterocycles. The number of rotatable bonds is 6. The molecule has 25 heavy (non-hydrogen) atoms. The maximum absolute atomic E-state index is 12.5. The third kappa shape index (κ3) is 5.20. The van der Waals surface area contributed by atoms with Gasteiger partial charge in [-0.3, -0.25) is 4.79 Å². The van der Waals surface area contributed by atoms with E-state index in [4.69, 9.17) is 0 Å². The number of aromatic nitrogens is 1. The van der Waals surface area contributed by atoms with Crippen molar-refractivity contribution in [2.24, 2.45) is 0 Å². The number of nitrogens with zero attached hydrogens (tertiary/aromatic N) is 2. The topological polar surface area (TPSA) is 45.2 Å². The predicted molar refractivity (Wildman–Crippen MR) is 90.8 cm³/mol. The van der Waals surface area contributed by atoms with Crippen LogP contribution in [-0.2, 0) is 6.18 Å². The van der Waals surface area contributed by atoms with Gasteiger partial charge >= 0.3 is 6.18 Å². The first-order valence-corrected chi connectivity index (χ1v) is 7.97. The SMILES string of the molecule is CCCCN(C)C(=O)c1ccc(Nc2ccc(C(F)(F)F)cc2)nc1. The summed E-state index contributed by atoms with van der Waals surface area (Å²) in [5, 5.41) is 2.91. The molecule has 0 aliphatic rings. The lowest BCUT2D eigenvalue weighted by Gasteiger charge is -2.16. The first-order valence-electron chi connectivity index (χ1n) is 7.97. The molecule has 0 saturated carbocycles. The van der Waals surface area contributed by atoms with Crippen molar-refractivity contribution < 1.29 is 18.0 Å². The average molecular weight is 351 g/mol. The molecule has 2 aromatic rings. The van der Waals surface area contributed by atoms with Crippen molar-refractivity contribution in [2.45, 2.75) is 25.9 Å². The van der Waals surface area contributed by atoms with Crippen LogP contribution in [0.15, 0.2) is 42.6 Å². The highest BCUT2D eigenvalue weighted by atomic mass is 19.4. The summed E-state index contributed by atoms with van der Waals surface area (Å²) < 4.78 is 37.6. The van der Waals surface area contributed by atoms with Crippen molar-refractivity contribution in [1.82, 2.24) is 9.88 Å². The predicted octanol–water partition coefficient (Wildman–Crippen LogP) is 4.72. The summed E-state index contributed by atoms with van der Waals surface area (Å²) in [4.78, 5) is 18.0. The maximum atomic E-state index is 12.5. The fraction of sp³-hybridized carbons (Fsp3) is 0.333. The van der Waals surface area contributed by atoms with E-state index in [-0.39, 0.29) is 5.91 Å². The lowest BCUT2D eigenvalue weighted by atomic mass is 10.2. The van der Waals surface area contributed by atoms with Crippen molar-refractivity contribution in [2.75, 3.05) is 18.9 Å². The van der Waals surface area contributed by atoms with E-state index < -0.39 is 11.7 Å². The van der Waals surface area contributed by atoms with Crippen LogP contribution in [-0.4, -0.2) is 29.4 Å². The molecular formula is C18H20F3N3O. The van der Waals surface area contributed by atoms with Crippen molar-refractivity contribution in [3.8, 4) is 0 Å². The van der Waals surface area contributed by atoms with E-state index in [9.17, 15) is 18.0 Å². The molecule has 1 N–H and O–H groups in total. The van der Waals surface area contributed by atoms with Gasteiger partial charge in [-0.25, -0.2) is 4.98 Å². The van der Waals surface area contributed by atoms with E-state index in [2.05, 4.69) is 17.2 Å². The Hall–Kier alpha value is -2.57. The Bertz CT molecular complexity index is 697. The van der Waals surface area contributed by atoms with Gasteiger partial charge in [0.05, 0.1) is 11.1 Å². The highest BCUT2D eigenvalue weighted by Crippen LogP contribution is 2.30. The Labute approximate surface area is 144 Å². The molecule has 0 radical (unpaired) electrons. The van der Waals surface area contributed by atoms with Crippen LogP contribution in [0.3, 0.4) is 0 Å². The molecule has 1 aromatic heterocycles. The number of anilines is 2. The summed E-state index contributed by atoms with van der Waals surface area (Å²) in [6.07, 6.45) is -0.963. The van der Waals surface area contributed by atoms with Gasteiger partial charge in [0, 0.05) is 25.5 Å². The molecule has 2 rings (SSSR count). The van der Waals surface area contributed by atoms with Crippen LogP contribution >= 0.6 is 0 Å². The monoisotopic (exact) mass is 351 g/mol. The number of nitrogens with one attached hydrogen (secondary N) is 1. The molecule has 0 aliphatic heterocycles. The Morgan fingerprint density at radius 3 is 2.36 bits per heavy atom. The van der Waals surface area contributed by atoms with E-state index in [1.807, 2.05) is 0 Å². The fourth-order valence-corrected chi connectivity index (χ4v) is 2.20. The molecule has 0 unspecified atom stereocenters. The van der Waals surface area contributed by atoms with Gasteiger partial charge < -0.3 is 10.2 Å². The van der Waals surface area contributed by atoms with Crippen molar-refractivity contribution in [3.05, 3.63) is 53.7 Å². The molecular weight excluding hydrogens is 331 g/mol. The minimum absolute atomic E-state index is 0.109. The van der Waals surface area contributed by atoms with E-state index in [0.717, 1.165) is 25.0 Å². The number of unbranched alkanes of at least 4 members (excludes halogenated alkanes) is 1. The van der Waals surface area contributed by atoms with E-state index in [1.54, 1.807) is 24.1 Å². The van der Waals surface area contributed by atoms with Crippen molar-refractivity contribution >= 4 is 17.4 Å². The zero-order valence-electron chi connectivity index (χ0n) is 14.1. The van der Waals surface area contributed by atoms with Gasteiger partial charge in [-0.05, 0) is 42.8 Å². The molecule has 0 atom stereocenters. The van der Waals surface area contributed by atoms with Crippen LogP contribution in [0.5, 0.6) is 0 Å². The fourth-order valence-electron chi connectivity index (χ4n) is 2.20. The third-order valence-corrected chi connectivity index (χ3v) is 3.69. The van der Waals surface area contributed by atoms with Crippen LogP contribution in [0.1, 0.15) is 35.7 Å². The molecule has 0 spiro atoms. The Balaban J connectivity index is 2.01. The molecule has 7 heteroatoms. The summed E-state index contributed by atoms with van der Waals surface area (Å²) in [6.45, 7) is 2.74. The lowest BCUT2D eigenvalue weighted by molar-refractivity contribution is -0.137. The maximum Gasteiger partial charge on any atom is 0.416 e. The first-order chi connectivity index (χ1) is 11.8. The van der Waals surface area contributed by atoms with E-state index >= 15 is 0 Å². The highest BCUT2D eigenvalue weighted by molar-refractivity contribution is 5.93. The smallest absolute Gasteiger partial charge is 0.342 e. The highest BCUT2D eigenvalue weighted by Gasteiger charge is 2.29.